The zero-order valence-electron chi connectivity index (χ0n) is 11.8. The monoisotopic (exact) mass is 251 g/mol. The number of ether oxygens (including phenoxy) is 1. The third kappa shape index (κ3) is 3.82. The number of rotatable bonds is 4. The first kappa shape index (κ1) is 13.6. The van der Waals surface area contributed by atoms with Gasteiger partial charge in [-0.25, -0.2) is 0 Å². The molecule has 0 amide bonds. The number of nitrogens with one attached hydrogen (secondary N) is 1. The molecule has 1 aliphatic heterocycles. The molecule has 0 radical (unpaired) electrons. The van der Waals surface area contributed by atoms with Crippen molar-refractivity contribution in [1.29, 1.82) is 0 Å². The van der Waals surface area contributed by atoms with Crippen LogP contribution in [0.4, 0.5) is 0 Å². The zero-order valence-corrected chi connectivity index (χ0v) is 11.8. The van der Waals surface area contributed by atoms with Crippen molar-refractivity contribution in [3.05, 3.63) is 18.0 Å². The van der Waals surface area contributed by atoms with Crippen LogP contribution in [0.3, 0.4) is 0 Å². The summed E-state index contributed by atoms with van der Waals surface area (Å²) in [5.74, 6) is 0. The molecule has 1 fully saturated rings. The summed E-state index contributed by atoms with van der Waals surface area (Å²) in [6.45, 7) is 9.22. The highest BCUT2D eigenvalue weighted by atomic mass is 16.5. The Balaban J connectivity index is 1.74. The van der Waals surface area contributed by atoms with Gasteiger partial charge < -0.3 is 10.1 Å². The maximum atomic E-state index is 5.69. The van der Waals surface area contributed by atoms with E-state index in [1.807, 2.05) is 10.9 Å². The van der Waals surface area contributed by atoms with Crippen molar-refractivity contribution in [2.75, 3.05) is 13.2 Å². The molecule has 102 valence electrons. The van der Waals surface area contributed by atoms with Crippen LogP contribution < -0.4 is 5.32 Å². The van der Waals surface area contributed by atoms with E-state index in [9.17, 15) is 0 Å². The topological polar surface area (TPSA) is 39.1 Å². The van der Waals surface area contributed by atoms with Gasteiger partial charge in [0.2, 0.25) is 0 Å². The number of hydrogen-bond donors (Lipinski definition) is 1. The third-order valence-corrected chi connectivity index (χ3v) is 3.30. The van der Waals surface area contributed by atoms with Gasteiger partial charge in [0.05, 0.1) is 17.8 Å². The second-order valence-corrected chi connectivity index (χ2v) is 6.08. The van der Waals surface area contributed by atoms with Gasteiger partial charge in [-0.15, -0.1) is 0 Å². The highest BCUT2D eigenvalue weighted by Crippen LogP contribution is 2.14. The lowest BCUT2D eigenvalue weighted by atomic mass is 10.1. The minimum atomic E-state index is 0.0602. The van der Waals surface area contributed by atoms with E-state index in [4.69, 9.17) is 4.74 Å². The van der Waals surface area contributed by atoms with Crippen molar-refractivity contribution in [3.63, 3.8) is 0 Å². The number of hydrogen-bond acceptors (Lipinski definition) is 3. The molecule has 4 nitrogen and oxygen atoms in total. The molecule has 2 heterocycles. The van der Waals surface area contributed by atoms with Crippen LogP contribution >= 0.6 is 0 Å². The van der Waals surface area contributed by atoms with Crippen molar-refractivity contribution in [2.24, 2.45) is 0 Å². The summed E-state index contributed by atoms with van der Waals surface area (Å²) in [6, 6.07) is 0. The van der Waals surface area contributed by atoms with E-state index in [0.717, 1.165) is 19.7 Å². The fourth-order valence-electron chi connectivity index (χ4n) is 2.16. The number of aromatic nitrogens is 2. The molecule has 1 aromatic heterocycles. The zero-order chi connectivity index (χ0) is 13.0. The molecule has 1 aliphatic rings. The van der Waals surface area contributed by atoms with Gasteiger partial charge in [0, 0.05) is 31.5 Å². The van der Waals surface area contributed by atoms with Gasteiger partial charge in [-0.05, 0) is 40.0 Å². The van der Waals surface area contributed by atoms with E-state index in [1.54, 1.807) is 0 Å². The Morgan fingerprint density at radius 1 is 1.44 bits per heavy atom. The van der Waals surface area contributed by atoms with Crippen molar-refractivity contribution in [2.45, 2.75) is 58.2 Å². The molecule has 1 N–H and O–H groups in total. The van der Waals surface area contributed by atoms with Crippen LogP contribution in [-0.2, 0) is 16.8 Å². The Hall–Kier alpha value is -0.870. The first-order chi connectivity index (χ1) is 8.55. The maximum absolute atomic E-state index is 5.69. The highest BCUT2D eigenvalue weighted by molar-refractivity contribution is 5.04. The lowest BCUT2D eigenvalue weighted by Crippen LogP contribution is -2.31. The number of nitrogens with zero attached hydrogens (tertiary/aromatic N) is 2. The molecule has 1 saturated heterocycles. The summed E-state index contributed by atoms with van der Waals surface area (Å²) < 4.78 is 7.71. The molecule has 0 aliphatic carbocycles. The average Bonchev–Trinajstić information content (AvgIpc) is 2.79. The van der Waals surface area contributed by atoms with Gasteiger partial charge in [0.15, 0.2) is 0 Å². The molecular formula is C14H25N3O. The standard InChI is InChI=1S/C14H25N3O/c1-14(2,3)17-11-12(9-16-17)8-15-10-13-6-4-5-7-18-13/h9,11,13,15H,4-8,10H2,1-3H3. The molecule has 1 unspecified atom stereocenters. The molecule has 0 bridgehead atoms. The van der Waals surface area contributed by atoms with E-state index >= 15 is 0 Å². The molecule has 1 aromatic rings. The fraction of sp³-hybridized carbons (Fsp3) is 0.786. The normalized spacial score (nSPS) is 21.2. The summed E-state index contributed by atoms with van der Waals surface area (Å²) in [5.41, 5.74) is 1.30. The van der Waals surface area contributed by atoms with Crippen LogP contribution in [0.2, 0.25) is 0 Å². The average molecular weight is 251 g/mol. The summed E-state index contributed by atoms with van der Waals surface area (Å²) in [6.07, 6.45) is 8.17. The quantitative estimate of drug-likeness (QED) is 0.892. The van der Waals surface area contributed by atoms with Crippen LogP contribution in [0.25, 0.3) is 0 Å². The van der Waals surface area contributed by atoms with E-state index in [0.29, 0.717) is 6.10 Å². The summed E-state index contributed by atoms with van der Waals surface area (Å²) in [7, 11) is 0. The van der Waals surface area contributed by atoms with Gasteiger partial charge >= 0.3 is 0 Å². The Kier molecular flexibility index (Phi) is 4.40. The first-order valence-electron chi connectivity index (χ1n) is 6.92. The molecule has 4 heteroatoms. The summed E-state index contributed by atoms with van der Waals surface area (Å²) >= 11 is 0. The molecule has 2 rings (SSSR count). The first-order valence-corrected chi connectivity index (χ1v) is 6.92. The van der Waals surface area contributed by atoms with Crippen molar-refractivity contribution >= 4 is 0 Å². The van der Waals surface area contributed by atoms with Gasteiger partial charge in [0.1, 0.15) is 0 Å². The summed E-state index contributed by atoms with van der Waals surface area (Å²) in [5, 5.41) is 7.86. The Labute approximate surface area is 110 Å². The SMILES string of the molecule is CC(C)(C)n1cc(CNCC2CCCCO2)cn1. The Bertz CT molecular complexity index is 361. The lowest BCUT2D eigenvalue weighted by Gasteiger charge is -2.22. The van der Waals surface area contributed by atoms with Crippen molar-refractivity contribution in [1.82, 2.24) is 15.1 Å². The van der Waals surface area contributed by atoms with Gasteiger partial charge in [0.25, 0.3) is 0 Å². The van der Waals surface area contributed by atoms with Crippen LogP contribution in [0, 0.1) is 0 Å². The molecular weight excluding hydrogens is 226 g/mol. The second-order valence-electron chi connectivity index (χ2n) is 6.08. The molecule has 18 heavy (non-hydrogen) atoms. The predicted octanol–water partition coefficient (Wildman–Crippen LogP) is 2.30. The Morgan fingerprint density at radius 2 is 2.28 bits per heavy atom. The van der Waals surface area contributed by atoms with E-state index in [1.165, 1.54) is 24.8 Å². The minimum Gasteiger partial charge on any atom is -0.377 e. The molecule has 0 spiro atoms. The van der Waals surface area contributed by atoms with Crippen LogP contribution in [0.5, 0.6) is 0 Å². The van der Waals surface area contributed by atoms with E-state index in [2.05, 4.69) is 37.4 Å². The van der Waals surface area contributed by atoms with Crippen LogP contribution in [0.1, 0.15) is 45.6 Å². The third-order valence-electron chi connectivity index (χ3n) is 3.30. The van der Waals surface area contributed by atoms with Crippen molar-refractivity contribution in [3.8, 4) is 0 Å². The summed E-state index contributed by atoms with van der Waals surface area (Å²) in [4.78, 5) is 0. The smallest absolute Gasteiger partial charge is 0.0699 e. The molecule has 0 saturated carbocycles. The van der Waals surface area contributed by atoms with Gasteiger partial charge in [-0.3, -0.25) is 4.68 Å². The van der Waals surface area contributed by atoms with E-state index < -0.39 is 0 Å². The maximum Gasteiger partial charge on any atom is 0.0699 e. The largest absolute Gasteiger partial charge is 0.377 e. The second kappa shape index (κ2) is 5.85. The van der Waals surface area contributed by atoms with Gasteiger partial charge in [-0.1, -0.05) is 0 Å². The molecule has 0 aromatic carbocycles. The lowest BCUT2D eigenvalue weighted by molar-refractivity contribution is 0.0168. The highest BCUT2D eigenvalue weighted by Gasteiger charge is 2.15. The van der Waals surface area contributed by atoms with Crippen molar-refractivity contribution < 1.29 is 4.74 Å². The van der Waals surface area contributed by atoms with Crippen LogP contribution in [0.15, 0.2) is 12.4 Å². The Morgan fingerprint density at radius 3 is 2.89 bits per heavy atom. The van der Waals surface area contributed by atoms with E-state index in [-0.39, 0.29) is 5.54 Å². The fourth-order valence-corrected chi connectivity index (χ4v) is 2.16. The minimum absolute atomic E-state index is 0.0602. The van der Waals surface area contributed by atoms with Gasteiger partial charge in [-0.2, -0.15) is 5.10 Å². The molecule has 1 atom stereocenters. The predicted molar refractivity (Wildman–Crippen MR) is 72.5 cm³/mol. The van der Waals surface area contributed by atoms with Crippen LogP contribution in [-0.4, -0.2) is 29.0 Å².